The van der Waals surface area contributed by atoms with E-state index in [0.717, 1.165) is 24.9 Å². The zero-order chi connectivity index (χ0) is 18.1. The van der Waals surface area contributed by atoms with Crippen LogP contribution in [0.25, 0.3) is 0 Å². The third kappa shape index (κ3) is 6.66. The summed E-state index contributed by atoms with van der Waals surface area (Å²) in [6, 6.07) is 2.27. The van der Waals surface area contributed by atoms with E-state index in [1.807, 2.05) is 23.8 Å². The van der Waals surface area contributed by atoms with E-state index in [2.05, 4.69) is 20.9 Å². The van der Waals surface area contributed by atoms with Crippen LogP contribution in [0.5, 0.6) is 0 Å². The van der Waals surface area contributed by atoms with Crippen LogP contribution in [0.3, 0.4) is 0 Å². The second-order valence-electron chi connectivity index (χ2n) is 6.71. The minimum Gasteiger partial charge on any atom is -0.383 e. The van der Waals surface area contributed by atoms with Gasteiger partial charge >= 0.3 is 0 Å². The molecule has 1 aliphatic rings. The summed E-state index contributed by atoms with van der Waals surface area (Å²) in [6.45, 7) is 5.25. The molecule has 0 aliphatic heterocycles. The van der Waals surface area contributed by atoms with Gasteiger partial charge in [0.2, 0.25) is 5.91 Å². The first-order chi connectivity index (χ1) is 12.0. The van der Waals surface area contributed by atoms with Crippen molar-refractivity contribution < 1.29 is 9.90 Å². The average Bonchev–Trinajstić information content (AvgIpc) is 3.26. The van der Waals surface area contributed by atoms with E-state index in [1.165, 1.54) is 12.8 Å². The van der Waals surface area contributed by atoms with Gasteiger partial charge in [-0.3, -0.25) is 4.79 Å². The predicted molar refractivity (Wildman–Crippen MR) is 103 cm³/mol. The van der Waals surface area contributed by atoms with Crippen molar-refractivity contribution in [1.82, 2.24) is 16.0 Å². The van der Waals surface area contributed by atoms with Crippen LogP contribution in [-0.2, 0) is 10.4 Å². The Morgan fingerprint density at radius 2 is 2.16 bits per heavy atom. The molecule has 0 aromatic carbocycles. The fraction of sp³-hybridized carbons (Fsp3) is 0.667. The second kappa shape index (κ2) is 9.77. The number of aliphatic hydroxyl groups is 1. The lowest BCUT2D eigenvalue weighted by Crippen LogP contribution is -2.41. The fourth-order valence-corrected chi connectivity index (χ4v) is 3.68. The standard InChI is InChI=1S/C18H30N4O2S/c1-3-19-17(21-13-18(2,24)14-9-11-25-12-14)20-10-8-16(23)22-15-6-4-5-7-15/h9,11-12,15,24H,3-8,10,13H2,1-2H3,(H,22,23)(H2,19,20,21). The highest BCUT2D eigenvalue weighted by Crippen LogP contribution is 2.23. The van der Waals surface area contributed by atoms with Crippen LogP contribution in [-0.4, -0.2) is 42.6 Å². The number of hydrogen-bond donors (Lipinski definition) is 4. The summed E-state index contributed by atoms with van der Waals surface area (Å²) in [4.78, 5) is 16.4. The third-order valence-corrected chi connectivity index (χ3v) is 5.08. The van der Waals surface area contributed by atoms with Gasteiger partial charge in [0.05, 0.1) is 6.54 Å². The summed E-state index contributed by atoms with van der Waals surface area (Å²) in [5.41, 5.74) is -0.129. The number of rotatable bonds is 8. The molecule has 1 atom stereocenters. The Kier molecular flexibility index (Phi) is 7.71. The van der Waals surface area contributed by atoms with Crippen LogP contribution in [0.2, 0.25) is 0 Å². The molecule has 1 amide bonds. The van der Waals surface area contributed by atoms with Gasteiger partial charge in [-0.25, -0.2) is 4.99 Å². The summed E-state index contributed by atoms with van der Waals surface area (Å²) in [5.74, 6) is 0.701. The number of thiophene rings is 1. The summed E-state index contributed by atoms with van der Waals surface area (Å²) in [5, 5.41) is 23.8. The molecule has 7 heteroatoms. The van der Waals surface area contributed by atoms with E-state index in [1.54, 1.807) is 18.3 Å². The van der Waals surface area contributed by atoms with Gasteiger partial charge in [0.1, 0.15) is 5.60 Å². The average molecular weight is 367 g/mol. The van der Waals surface area contributed by atoms with Crippen molar-refractivity contribution in [3.63, 3.8) is 0 Å². The Labute approximate surface area is 154 Å². The molecule has 2 rings (SSSR count). The highest BCUT2D eigenvalue weighted by atomic mass is 32.1. The summed E-state index contributed by atoms with van der Waals surface area (Å²) in [6.07, 6.45) is 5.04. The van der Waals surface area contributed by atoms with Crippen LogP contribution in [0, 0.1) is 0 Å². The molecule has 4 N–H and O–H groups in total. The lowest BCUT2D eigenvalue weighted by Gasteiger charge is -2.21. The third-order valence-electron chi connectivity index (χ3n) is 4.40. The Bertz CT molecular complexity index is 551. The van der Waals surface area contributed by atoms with Crippen LogP contribution >= 0.6 is 11.3 Å². The molecule has 1 fully saturated rings. The fourth-order valence-electron chi connectivity index (χ4n) is 2.90. The van der Waals surface area contributed by atoms with Gasteiger partial charge in [0, 0.05) is 25.6 Å². The summed E-state index contributed by atoms with van der Waals surface area (Å²) in [7, 11) is 0. The van der Waals surface area contributed by atoms with Crippen LogP contribution < -0.4 is 16.0 Å². The van der Waals surface area contributed by atoms with E-state index >= 15 is 0 Å². The zero-order valence-electron chi connectivity index (χ0n) is 15.2. The normalized spacial score (nSPS) is 18.0. The van der Waals surface area contributed by atoms with Gasteiger partial charge in [-0.15, -0.1) is 0 Å². The number of guanidine groups is 1. The molecule has 140 valence electrons. The number of nitrogens with zero attached hydrogens (tertiary/aromatic N) is 1. The maximum Gasteiger partial charge on any atom is 0.221 e. The first kappa shape index (κ1) is 19.7. The quantitative estimate of drug-likeness (QED) is 0.418. The van der Waals surface area contributed by atoms with E-state index in [0.29, 0.717) is 25.0 Å². The van der Waals surface area contributed by atoms with E-state index in [9.17, 15) is 9.90 Å². The number of amides is 1. The molecule has 1 unspecified atom stereocenters. The molecule has 25 heavy (non-hydrogen) atoms. The van der Waals surface area contributed by atoms with Gasteiger partial charge in [-0.05, 0) is 49.1 Å². The predicted octanol–water partition coefficient (Wildman–Crippen LogP) is 1.96. The Morgan fingerprint density at radius 3 is 2.80 bits per heavy atom. The SMILES string of the molecule is CCNC(=NCC(C)(O)c1ccsc1)NCCC(=O)NC1CCCC1. The minimum absolute atomic E-state index is 0.0838. The lowest BCUT2D eigenvalue weighted by atomic mass is 10.00. The van der Waals surface area contributed by atoms with Crippen molar-refractivity contribution in [2.24, 2.45) is 4.99 Å². The van der Waals surface area contributed by atoms with Crippen LogP contribution in [0.1, 0.15) is 51.5 Å². The van der Waals surface area contributed by atoms with Gasteiger partial charge < -0.3 is 21.1 Å². The summed E-state index contributed by atoms with van der Waals surface area (Å²) < 4.78 is 0. The molecule has 0 saturated heterocycles. The van der Waals surface area contributed by atoms with Crippen molar-refractivity contribution >= 4 is 23.2 Å². The number of hydrogen-bond acceptors (Lipinski definition) is 4. The van der Waals surface area contributed by atoms with Crippen molar-refractivity contribution in [3.05, 3.63) is 22.4 Å². The largest absolute Gasteiger partial charge is 0.383 e. The van der Waals surface area contributed by atoms with Gasteiger partial charge in [0.15, 0.2) is 5.96 Å². The monoisotopic (exact) mass is 366 g/mol. The highest BCUT2D eigenvalue weighted by Gasteiger charge is 2.23. The second-order valence-corrected chi connectivity index (χ2v) is 7.49. The smallest absolute Gasteiger partial charge is 0.221 e. The van der Waals surface area contributed by atoms with E-state index in [-0.39, 0.29) is 12.5 Å². The van der Waals surface area contributed by atoms with Crippen LogP contribution in [0.4, 0.5) is 0 Å². The molecule has 1 heterocycles. The molecule has 0 spiro atoms. The molecule has 1 saturated carbocycles. The zero-order valence-corrected chi connectivity index (χ0v) is 16.0. The minimum atomic E-state index is -0.998. The van der Waals surface area contributed by atoms with Crippen molar-refractivity contribution in [3.8, 4) is 0 Å². The molecule has 1 aromatic heterocycles. The molecular weight excluding hydrogens is 336 g/mol. The molecular formula is C18H30N4O2S. The van der Waals surface area contributed by atoms with E-state index in [4.69, 9.17) is 0 Å². The Balaban J connectivity index is 1.78. The molecule has 1 aromatic rings. The first-order valence-electron chi connectivity index (χ1n) is 9.08. The molecule has 0 radical (unpaired) electrons. The van der Waals surface area contributed by atoms with Gasteiger partial charge in [0.25, 0.3) is 0 Å². The molecule has 6 nitrogen and oxygen atoms in total. The lowest BCUT2D eigenvalue weighted by molar-refractivity contribution is -0.121. The highest BCUT2D eigenvalue weighted by molar-refractivity contribution is 7.08. The Hall–Kier alpha value is -1.60. The first-order valence-corrected chi connectivity index (χ1v) is 10.0. The maximum atomic E-state index is 12.0. The van der Waals surface area contributed by atoms with Crippen molar-refractivity contribution in [2.75, 3.05) is 19.6 Å². The number of nitrogens with one attached hydrogen (secondary N) is 3. The van der Waals surface area contributed by atoms with Crippen molar-refractivity contribution in [1.29, 1.82) is 0 Å². The Morgan fingerprint density at radius 1 is 1.40 bits per heavy atom. The van der Waals surface area contributed by atoms with Crippen LogP contribution in [0.15, 0.2) is 21.8 Å². The van der Waals surface area contributed by atoms with E-state index < -0.39 is 5.60 Å². The number of aliphatic imine (C=N–C) groups is 1. The molecule has 1 aliphatic carbocycles. The molecule has 0 bridgehead atoms. The summed E-state index contributed by atoms with van der Waals surface area (Å²) >= 11 is 1.56. The van der Waals surface area contributed by atoms with Gasteiger partial charge in [-0.1, -0.05) is 12.8 Å². The topological polar surface area (TPSA) is 85.8 Å². The number of carbonyl (C=O) groups is 1. The van der Waals surface area contributed by atoms with Crippen molar-refractivity contribution in [2.45, 2.75) is 57.6 Å². The number of carbonyl (C=O) groups excluding carboxylic acids is 1. The van der Waals surface area contributed by atoms with Gasteiger partial charge in [-0.2, -0.15) is 11.3 Å². The maximum absolute atomic E-state index is 12.0.